The summed E-state index contributed by atoms with van der Waals surface area (Å²) in [7, 11) is 1.39. The van der Waals surface area contributed by atoms with Crippen LogP contribution in [0.25, 0.3) is 21.8 Å². The second-order valence-electron chi connectivity index (χ2n) is 6.96. The molecule has 28 heavy (non-hydrogen) atoms. The first-order chi connectivity index (χ1) is 13.5. The molecular formula is C19H22N6O2S. The van der Waals surface area contributed by atoms with Gasteiger partial charge in [-0.25, -0.2) is 15.3 Å². The van der Waals surface area contributed by atoms with Gasteiger partial charge in [-0.2, -0.15) is 5.10 Å². The molecule has 4 rings (SSSR count). The van der Waals surface area contributed by atoms with Crippen LogP contribution in [0, 0.1) is 6.92 Å². The number of fused-ring (bicyclic) bond motifs is 3. The van der Waals surface area contributed by atoms with Gasteiger partial charge < -0.3 is 0 Å². The Morgan fingerprint density at radius 2 is 2.14 bits per heavy atom. The number of nitrogens with zero attached hydrogens (tertiary/aromatic N) is 4. The zero-order valence-corrected chi connectivity index (χ0v) is 17.1. The summed E-state index contributed by atoms with van der Waals surface area (Å²) in [6.07, 6.45) is 3.54. The normalized spacial score (nSPS) is 12.6. The van der Waals surface area contributed by atoms with Gasteiger partial charge >= 0.3 is 6.03 Å². The van der Waals surface area contributed by atoms with Crippen LogP contribution in [0.1, 0.15) is 36.8 Å². The van der Waals surface area contributed by atoms with Crippen molar-refractivity contribution in [3.8, 4) is 21.8 Å². The van der Waals surface area contributed by atoms with E-state index in [1.807, 2.05) is 19.2 Å². The number of aryl methyl sites for hydroxylation is 2. The summed E-state index contributed by atoms with van der Waals surface area (Å²) in [4.78, 5) is 26.5. The quantitative estimate of drug-likeness (QED) is 0.653. The zero-order valence-electron chi connectivity index (χ0n) is 16.2. The number of anilines is 1. The van der Waals surface area contributed by atoms with Gasteiger partial charge in [-0.15, -0.1) is 0 Å². The first kappa shape index (κ1) is 18.6. The summed E-state index contributed by atoms with van der Waals surface area (Å²) in [5.74, 6) is 0. The van der Waals surface area contributed by atoms with Gasteiger partial charge in [-0.3, -0.25) is 19.8 Å². The summed E-state index contributed by atoms with van der Waals surface area (Å²) in [5, 5.41) is 8.19. The lowest BCUT2D eigenvalue weighted by Crippen LogP contribution is -2.27. The molecule has 3 aromatic heterocycles. The lowest BCUT2D eigenvalue weighted by Gasteiger charge is -2.15. The van der Waals surface area contributed by atoms with E-state index in [1.54, 1.807) is 0 Å². The molecule has 0 bridgehead atoms. The molecule has 0 radical (unpaired) electrons. The molecule has 3 aromatic rings. The van der Waals surface area contributed by atoms with Crippen molar-refractivity contribution < 1.29 is 9.63 Å². The molecule has 0 saturated heterocycles. The average Bonchev–Trinajstić information content (AvgIpc) is 3.23. The van der Waals surface area contributed by atoms with Crippen molar-refractivity contribution in [2.24, 2.45) is 0 Å². The molecule has 2 N–H and O–H groups in total. The number of aromatic nitrogens is 4. The number of nitrogens with one attached hydrogen (secondary N) is 2. The highest BCUT2D eigenvalue weighted by Gasteiger charge is 2.30. The number of rotatable bonds is 4. The van der Waals surface area contributed by atoms with Gasteiger partial charge in [0.2, 0.25) is 0 Å². The summed E-state index contributed by atoms with van der Waals surface area (Å²) in [6, 6.07) is 3.83. The molecule has 0 fully saturated rings. The third-order valence-corrected chi connectivity index (χ3v) is 5.64. The van der Waals surface area contributed by atoms with Gasteiger partial charge in [0.05, 0.1) is 29.1 Å². The van der Waals surface area contributed by atoms with Crippen LogP contribution < -0.4 is 10.8 Å². The summed E-state index contributed by atoms with van der Waals surface area (Å²) >= 11 is 1.46. The fraction of sp³-hybridized carbons (Fsp3) is 0.368. The van der Waals surface area contributed by atoms with Gasteiger partial charge in [0.1, 0.15) is 0 Å². The Kier molecular flexibility index (Phi) is 4.86. The molecule has 0 atom stereocenters. The van der Waals surface area contributed by atoms with E-state index in [1.165, 1.54) is 24.0 Å². The second kappa shape index (κ2) is 7.33. The number of hydrogen-bond donors (Lipinski definition) is 2. The minimum atomic E-state index is -0.447. The molecule has 1 aliphatic carbocycles. The van der Waals surface area contributed by atoms with E-state index in [0.29, 0.717) is 5.13 Å². The van der Waals surface area contributed by atoms with Crippen LogP contribution in [-0.2, 0) is 17.7 Å². The molecule has 0 aromatic carbocycles. The fourth-order valence-corrected chi connectivity index (χ4v) is 4.45. The summed E-state index contributed by atoms with van der Waals surface area (Å²) in [6.45, 7) is 6.21. The van der Waals surface area contributed by atoms with Crippen LogP contribution in [0.2, 0.25) is 0 Å². The van der Waals surface area contributed by atoms with Crippen LogP contribution in [0.4, 0.5) is 9.93 Å². The Balaban J connectivity index is 1.79. The van der Waals surface area contributed by atoms with E-state index in [4.69, 9.17) is 5.10 Å². The number of pyridine rings is 1. The maximum absolute atomic E-state index is 11.8. The number of carbonyl (C=O) groups excluding carboxylic acids is 1. The highest BCUT2D eigenvalue weighted by molar-refractivity contribution is 7.19. The van der Waals surface area contributed by atoms with E-state index >= 15 is 0 Å². The fourth-order valence-electron chi connectivity index (χ4n) is 3.38. The highest BCUT2D eigenvalue weighted by atomic mass is 32.1. The van der Waals surface area contributed by atoms with Crippen LogP contribution in [0.5, 0.6) is 0 Å². The number of hydrogen-bond acceptors (Lipinski definition) is 6. The van der Waals surface area contributed by atoms with Crippen molar-refractivity contribution in [3.05, 3.63) is 35.3 Å². The molecule has 146 valence electrons. The predicted molar refractivity (Wildman–Crippen MR) is 108 cm³/mol. The Hall–Kier alpha value is -2.78. The third kappa shape index (κ3) is 3.27. The molecule has 2 amide bonds. The maximum Gasteiger partial charge on any atom is 0.344 e. The van der Waals surface area contributed by atoms with E-state index in [0.717, 1.165) is 46.1 Å². The van der Waals surface area contributed by atoms with E-state index in [9.17, 15) is 4.79 Å². The minimum absolute atomic E-state index is 0.196. The molecule has 9 heteroatoms. The number of amides is 2. The van der Waals surface area contributed by atoms with Crippen LogP contribution in [0.3, 0.4) is 0 Å². The Morgan fingerprint density at radius 3 is 2.82 bits per heavy atom. The summed E-state index contributed by atoms with van der Waals surface area (Å²) in [5.41, 5.74) is 8.51. The van der Waals surface area contributed by atoms with Crippen molar-refractivity contribution in [1.29, 1.82) is 0 Å². The van der Waals surface area contributed by atoms with Gasteiger partial charge in [0, 0.05) is 29.1 Å². The SMILES string of the molecule is CONC(=O)Nc1nc2c(s1)-c1c(c(-c3ccc(C)nc3)nn1C(C)C)CC2. The zero-order chi connectivity index (χ0) is 19.8. The largest absolute Gasteiger partial charge is 0.344 e. The topological polar surface area (TPSA) is 94.0 Å². The third-order valence-electron chi connectivity index (χ3n) is 4.62. The first-order valence-corrected chi connectivity index (χ1v) is 9.94. The van der Waals surface area contributed by atoms with Crippen molar-refractivity contribution in [3.63, 3.8) is 0 Å². The van der Waals surface area contributed by atoms with E-state index in [2.05, 4.69) is 50.2 Å². The van der Waals surface area contributed by atoms with Crippen LogP contribution in [-0.4, -0.2) is 32.9 Å². The number of carbonyl (C=O) groups is 1. The predicted octanol–water partition coefficient (Wildman–Crippen LogP) is 3.74. The monoisotopic (exact) mass is 398 g/mol. The van der Waals surface area contributed by atoms with Gasteiger partial charge in [0.15, 0.2) is 5.13 Å². The Labute approximate surface area is 166 Å². The highest BCUT2D eigenvalue weighted by Crippen LogP contribution is 2.43. The molecule has 0 aliphatic heterocycles. The maximum atomic E-state index is 11.8. The molecule has 1 aliphatic rings. The molecule has 0 saturated carbocycles. The molecule has 8 nitrogen and oxygen atoms in total. The lowest BCUT2D eigenvalue weighted by atomic mass is 9.95. The Morgan fingerprint density at radius 1 is 1.32 bits per heavy atom. The number of thiazole rings is 1. The van der Waals surface area contributed by atoms with Crippen molar-refractivity contribution in [1.82, 2.24) is 25.2 Å². The van der Waals surface area contributed by atoms with Gasteiger partial charge in [0.25, 0.3) is 0 Å². The number of urea groups is 1. The van der Waals surface area contributed by atoms with E-state index < -0.39 is 6.03 Å². The van der Waals surface area contributed by atoms with E-state index in [-0.39, 0.29) is 6.04 Å². The molecule has 0 spiro atoms. The summed E-state index contributed by atoms with van der Waals surface area (Å²) < 4.78 is 2.06. The van der Waals surface area contributed by atoms with Crippen molar-refractivity contribution in [2.75, 3.05) is 12.4 Å². The van der Waals surface area contributed by atoms with Crippen molar-refractivity contribution >= 4 is 22.5 Å². The van der Waals surface area contributed by atoms with Crippen molar-refractivity contribution in [2.45, 2.75) is 39.7 Å². The smallest absolute Gasteiger partial charge is 0.282 e. The molecule has 3 heterocycles. The van der Waals surface area contributed by atoms with Gasteiger partial charge in [-0.05, 0) is 45.7 Å². The second-order valence-corrected chi connectivity index (χ2v) is 7.96. The van der Waals surface area contributed by atoms with Crippen LogP contribution in [0.15, 0.2) is 18.3 Å². The lowest BCUT2D eigenvalue weighted by molar-refractivity contribution is 0.114. The Bertz CT molecular complexity index is 1020. The first-order valence-electron chi connectivity index (χ1n) is 9.12. The van der Waals surface area contributed by atoms with Crippen LogP contribution >= 0.6 is 11.3 Å². The molecule has 0 unspecified atom stereocenters. The molecular weight excluding hydrogens is 376 g/mol. The number of hydroxylamine groups is 1. The standard InChI is InChI=1S/C19H22N6O2S/c1-10(2)25-16-13(15(23-25)12-6-5-11(3)20-9-12)7-8-14-17(16)28-19(21-14)22-18(26)24-27-4/h5-6,9-10H,7-8H2,1-4H3,(H2,21,22,24,26). The van der Waals surface area contributed by atoms with Gasteiger partial charge in [-0.1, -0.05) is 11.3 Å². The minimum Gasteiger partial charge on any atom is -0.282 e. The average molecular weight is 398 g/mol.